The van der Waals surface area contributed by atoms with Crippen LogP contribution in [0.1, 0.15) is 61.2 Å². The van der Waals surface area contributed by atoms with Crippen molar-refractivity contribution in [1.29, 1.82) is 5.26 Å². The van der Waals surface area contributed by atoms with Gasteiger partial charge in [0.1, 0.15) is 5.76 Å². The number of allylic oxidation sites excluding steroid dienone is 2. The number of nitrogens with one attached hydrogen (secondary N) is 3. The molecule has 3 aromatic rings. The monoisotopic (exact) mass is 598 g/mol. The number of anilines is 2. The Labute approximate surface area is 255 Å². The predicted molar refractivity (Wildman–Crippen MR) is 167 cm³/mol. The van der Waals surface area contributed by atoms with Gasteiger partial charge in [-0.25, -0.2) is 4.79 Å². The minimum Gasteiger partial charge on any atom is -0.468 e. The Bertz CT molecular complexity index is 1550. The van der Waals surface area contributed by atoms with Crippen molar-refractivity contribution in [2.45, 2.75) is 46.0 Å². The lowest BCUT2D eigenvalue weighted by Crippen LogP contribution is -2.31. The Balaban J connectivity index is 1.49. The van der Waals surface area contributed by atoms with E-state index >= 15 is 0 Å². The van der Waals surface area contributed by atoms with Gasteiger partial charge in [-0.1, -0.05) is 37.2 Å². The highest BCUT2D eigenvalue weighted by molar-refractivity contribution is 8.03. The lowest BCUT2D eigenvalue weighted by atomic mass is 9.85. The van der Waals surface area contributed by atoms with Gasteiger partial charge in [-0.15, -0.1) is 0 Å². The van der Waals surface area contributed by atoms with Gasteiger partial charge in [0.2, 0.25) is 5.91 Å². The first-order chi connectivity index (χ1) is 20.8. The minimum atomic E-state index is -0.790. The fourth-order valence-electron chi connectivity index (χ4n) is 4.64. The molecule has 0 fully saturated rings. The number of rotatable bonds is 12. The van der Waals surface area contributed by atoms with Crippen LogP contribution >= 0.6 is 11.8 Å². The van der Waals surface area contributed by atoms with Crippen LogP contribution in [0.15, 0.2) is 93.2 Å². The summed E-state index contributed by atoms with van der Waals surface area (Å²) in [6.07, 6.45) is 4.73. The van der Waals surface area contributed by atoms with Gasteiger partial charge in [0.25, 0.3) is 5.91 Å². The molecule has 10 heteroatoms. The first-order valence-electron chi connectivity index (χ1n) is 14.1. The standard InChI is InChI=1S/C33H34N4O5S/c1-4-6-8-22-10-14-24(15-11-22)36-28(38)20-43-32-26(19-34)30(27-9-7-18-42-27)29(21(3)35-32)31(39)37-25-16-12-23(13-17-25)33(40)41-5-2/h7,9-18,30,35H,4-6,8,20H2,1-3H3,(H,36,38)(H,37,39). The summed E-state index contributed by atoms with van der Waals surface area (Å²) in [7, 11) is 0. The van der Waals surface area contributed by atoms with Crippen LogP contribution in [0.2, 0.25) is 0 Å². The second kappa shape index (κ2) is 14.9. The third-order valence-corrected chi connectivity index (χ3v) is 7.80. The van der Waals surface area contributed by atoms with E-state index in [0.717, 1.165) is 19.3 Å². The van der Waals surface area contributed by atoms with Crippen LogP contribution in [-0.4, -0.2) is 30.1 Å². The molecule has 0 radical (unpaired) electrons. The van der Waals surface area contributed by atoms with Gasteiger partial charge < -0.3 is 25.1 Å². The average molecular weight is 599 g/mol. The molecular formula is C33H34N4O5S. The van der Waals surface area contributed by atoms with Crippen molar-refractivity contribution in [3.63, 3.8) is 0 Å². The first-order valence-corrected chi connectivity index (χ1v) is 15.1. The summed E-state index contributed by atoms with van der Waals surface area (Å²) in [6.45, 7) is 5.88. The number of dihydropyridines is 1. The van der Waals surface area contributed by atoms with Crippen LogP contribution in [0.5, 0.6) is 0 Å². The van der Waals surface area contributed by atoms with Crippen molar-refractivity contribution in [3.8, 4) is 6.07 Å². The molecule has 4 rings (SSSR count). The fraction of sp³-hybridized carbons (Fsp3) is 0.273. The predicted octanol–water partition coefficient (Wildman–Crippen LogP) is 6.51. The largest absolute Gasteiger partial charge is 0.468 e. The SMILES string of the molecule is CCCCc1ccc(NC(=O)CSC2=C(C#N)C(c3ccco3)C(C(=O)Nc3ccc(C(=O)OCC)cc3)=C(C)N2)cc1. The molecule has 0 spiro atoms. The third-order valence-electron chi connectivity index (χ3n) is 6.78. The number of carbonyl (C=O) groups is 3. The normalized spacial score (nSPS) is 14.5. The molecule has 0 bridgehead atoms. The molecule has 0 saturated carbocycles. The summed E-state index contributed by atoms with van der Waals surface area (Å²) in [5.41, 5.74) is 3.85. The van der Waals surface area contributed by atoms with Crippen LogP contribution in [0.4, 0.5) is 11.4 Å². The van der Waals surface area contributed by atoms with Gasteiger partial charge in [0, 0.05) is 17.1 Å². The number of amides is 2. The number of carbonyl (C=O) groups excluding carboxylic acids is 3. The number of unbranched alkanes of at least 4 members (excludes halogenated alkanes) is 1. The van der Waals surface area contributed by atoms with Crippen molar-refractivity contribution in [2.24, 2.45) is 0 Å². The second-order valence-corrected chi connectivity index (χ2v) is 10.8. The number of nitrogens with zero attached hydrogens (tertiary/aromatic N) is 1. The molecule has 1 aromatic heterocycles. The molecule has 0 aliphatic carbocycles. The lowest BCUT2D eigenvalue weighted by Gasteiger charge is -2.28. The molecule has 0 saturated heterocycles. The van der Waals surface area contributed by atoms with Gasteiger partial charge in [0.15, 0.2) is 0 Å². The van der Waals surface area contributed by atoms with Crippen molar-refractivity contribution in [3.05, 3.63) is 106 Å². The molecule has 2 heterocycles. The van der Waals surface area contributed by atoms with Crippen LogP contribution in [-0.2, 0) is 20.7 Å². The van der Waals surface area contributed by atoms with Gasteiger partial charge in [-0.2, -0.15) is 5.26 Å². The summed E-state index contributed by atoms with van der Waals surface area (Å²) < 4.78 is 10.7. The molecular weight excluding hydrogens is 564 g/mol. The minimum absolute atomic E-state index is 0.0532. The average Bonchev–Trinajstić information content (AvgIpc) is 3.54. The molecule has 2 aromatic carbocycles. The van der Waals surface area contributed by atoms with Crippen molar-refractivity contribution >= 4 is 40.9 Å². The molecule has 2 amide bonds. The number of hydrogen-bond donors (Lipinski definition) is 3. The fourth-order valence-corrected chi connectivity index (χ4v) is 5.53. The number of nitriles is 1. The van der Waals surface area contributed by atoms with Gasteiger partial charge in [0.05, 0.1) is 52.3 Å². The Morgan fingerprint density at radius 3 is 2.35 bits per heavy atom. The number of hydrogen-bond acceptors (Lipinski definition) is 8. The van der Waals surface area contributed by atoms with Crippen LogP contribution in [0, 0.1) is 11.3 Å². The molecule has 1 aliphatic rings. The molecule has 1 aliphatic heterocycles. The molecule has 3 N–H and O–H groups in total. The second-order valence-electron chi connectivity index (χ2n) is 9.86. The van der Waals surface area contributed by atoms with E-state index in [1.165, 1.54) is 23.6 Å². The van der Waals surface area contributed by atoms with Crippen molar-refractivity contribution < 1.29 is 23.5 Å². The Morgan fingerprint density at radius 1 is 1.02 bits per heavy atom. The van der Waals surface area contributed by atoms with E-state index in [1.54, 1.807) is 50.2 Å². The molecule has 1 unspecified atom stereocenters. The van der Waals surface area contributed by atoms with E-state index in [1.807, 2.05) is 24.3 Å². The van der Waals surface area contributed by atoms with Crippen LogP contribution in [0.25, 0.3) is 0 Å². The van der Waals surface area contributed by atoms with Gasteiger partial charge in [-0.05, 0) is 80.8 Å². The molecule has 222 valence electrons. The van der Waals surface area contributed by atoms with Gasteiger partial charge >= 0.3 is 5.97 Å². The van der Waals surface area contributed by atoms with E-state index in [0.29, 0.717) is 39.0 Å². The van der Waals surface area contributed by atoms with Gasteiger partial charge in [-0.3, -0.25) is 9.59 Å². The zero-order valence-electron chi connectivity index (χ0n) is 24.4. The summed E-state index contributed by atoms with van der Waals surface area (Å²) in [5, 5.41) is 19.6. The third kappa shape index (κ3) is 7.96. The highest BCUT2D eigenvalue weighted by Gasteiger charge is 2.36. The first kappa shape index (κ1) is 31.2. The number of benzene rings is 2. The topological polar surface area (TPSA) is 133 Å². The maximum Gasteiger partial charge on any atom is 0.338 e. The number of thioether (sulfide) groups is 1. The molecule has 1 atom stereocenters. The van der Waals surface area contributed by atoms with E-state index in [2.05, 4.69) is 28.9 Å². The number of esters is 1. The van der Waals surface area contributed by atoms with Crippen LogP contribution < -0.4 is 16.0 Å². The van der Waals surface area contributed by atoms with E-state index in [-0.39, 0.29) is 23.8 Å². The van der Waals surface area contributed by atoms with Crippen molar-refractivity contribution in [1.82, 2.24) is 5.32 Å². The summed E-state index contributed by atoms with van der Waals surface area (Å²) >= 11 is 1.19. The Kier molecular flexibility index (Phi) is 10.8. The summed E-state index contributed by atoms with van der Waals surface area (Å²) in [4.78, 5) is 38.3. The zero-order chi connectivity index (χ0) is 30.8. The number of aryl methyl sites for hydroxylation is 1. The molecule has 9 nitrogen and oxygen atoms in total. The highest BCUT2D eigenvalue weighted by Crippen LogP contribution is 2.41. The number of ether oxygens (including phenoxy) is 1. The van der Waals surface area contributed by atoms with Crippen molar-refractivity contribution in [2.75, 3.05) is 23.0 Å². The highest BCUT2D eigenvalue weighted by atomic mass is 32.2. The Morgan fingerprint density at radius 2 is 1.72 bits per heavy atom. The molecule has 43 heavy (non-hydrogen) atoms. The van der Waals surface area contributed by atoms with E-state index in [9.17, 15) is 19.6 Å². The maximum absolute atomic E-state index is 13.6. The Hall–Kier alpha value is -4.75. The van der Waals surface area contributed by atoms with Crippen LogP contribution in [0.3, 0.4) is 0 Å². The lowest BCUT2D eigenvalue weighted by molar-refractivity contribution is -0.114. The summed E-state index contributed by atoms with van der Waals surface area (Å²) in [5.74, 6) is -1.42. The van der Waals surface area contributed by atoms with E-state index < -0.39 is 17.8 Å². The number of furan rings is 1. The zero-order valence-corrected chi connectivity index (χ0v) is 25.2. The van der Waals surface area contributed by atoms with E-state index in [4.69, 9.17) is 9.15 Å². The quantitative estimate of drug-likeness (QED) is 0.201. The maximum atomic E-state index is 13.6. The summed E-state index contributed by atoms with van der Waals surface area (Å²) in [6, 6.07) is 19.8. The smallest absolute Gasteiger partial charge is 0.338 e.